The minimum Gasteiger partial charge on any atom is -0.475 e. The van der Waals surface area contributed by atoms with Gasteiger partial charge in [0.05, 0.1) is 18.2 Å². The molecule has 2 saturated carbocycles. The average Bonchev–Trinajstić information content (AvgIpc) is 3.44. The second-order valence-corrected chi connectivity index (χ2v) is 10.3. The first-order chi connectivity index (χ1) is 18.4. The summed E-state index contributed by atoms with van der Waals surface area (Å²) in [5, 5.41) is 23.5. The van der Waals surface area contributed by atoms with E-state index in [-0.39, 0.29) is 37.1 Å². The lowest BCUT2D eigenvalue weighted by Crippen LogP contribution is -2.40. The Kier molecular flexibility index (Phi) is 8.69. The number of aromatic nitrogens is 4. The Hall–Kier alpha value is -2.93. The van der Waals surface area contributed by atoms with Crippen LogP contribution in [-0.4, -0.2) is 62.1 Å². The van der Waals surface area contributed by atoms with Crippen molar-refractivity contribution in [1.82, 2.24) is 25.5 Å². The van der Waals surface area contributed by atoms with Crippen LogP contribution < -0.4 is 5.32 Å². The van der Waals surface area contributed by atoms with Gasteiger partial charge in [0, 0.05) is 25.5 Å². The van der Waals surface area contributed by atoms with E-state index in [9.17, 15) is 22.0 Å². The van der Waals surface area contributed by atoms with Crippen molar-refractivity contribution in [3.63, 3.8) is 0 Å². The highest BCUT2D eigenvalue weighted by Gasteiger charge is 2.39. The van der Waals surface area contributed by atoms with Crippen LogP contribution in [-0.2, 0) is 9.53 Å². The number of ether oxygens (including phenoxy) is 1. The van der Waals surface area contributed by atoms with Gasteiger partial charge >= 0.3 is 12.1 Å². The Morgan fingerprint density at radius 2 is 1.90 bits per heavy atom. The van der Waals surface area contributed by atoms with Crippen molar-refractivity contribution in [3.05, 3.63) is 53.4 Å². The first-order valence-electron chi connectivity index (χ1n) is 13.0. The third kappa shape index (κ3) is 7.18. The van der Waals surface area contributed by atoms with E-state index < -0.39 is 18.1 Å². The molecule has 1 saturated heterocycles. The van der Waals surface area contributed by atoms with Crippen molar-refractivity contribution in [2.24, 2.45) is 0 Å². The minimum atomic E-state index is -5.08. The monoisotopic (exact) mass is 557 g/mol. The normalized spacial score (nSPS) is 24.1. The van der Waals surface area contributed by atoms with Gasteiger partial charge in [-0.2, -0.15) is 13.2 Å². The van der Waals surface area contributed by atoms with E-state index in [1.807, 2.05) is 6.08 Å². The zero-order chi connectivity index (χ0) is 28.4. The largest absolute Gasteiger partial charge is 0.490 e. The molecule has 1 aromatic heterocycles. The first kappa shape index (κ1) is 29.1. The highest BCUT2D eigenvalue weighted by molar-refractivity contribution is 5.73. The van der Waals surface area contributed by atoms with E-state index in [0.29, 0.717) is 31.2 Å². The van der Waals surface area contributed by atoms with Crippen LogP contribution in [0.1, 0.15) is 85.5 Å². The van der Waals surface area contributed by atoms with Crippen molar-refractivity contribution in [2.45, 2.75) is 94.1 Å². The summed E-state index contributed by atoms with van der Waals surface area (Å²) < 4.78 is 66.8. The van der Waals surface area contributed by atoms with Crippen LogP contribution in [0.3, 0.4) is 0 Å². The molecule has 0 amide bonds. The molecule has 0 spiro atoms. The van der Waals surface area contributed by atoms with E-state index in [2.05, 4.69) is 52.5 Å². The molecular weight excluding hydrogens is 525 g/mol. The number of benzene rings is 1. The molecule has 3 atom stereocenters. The molecule has 3 aliphatic rings. The molecule has 2 aliphatic carbocycles. The molecule has 5 rings (SSSR count). The van der Waals surface area contributed by atoms with Gasteiger partial charge in [-0.25, -0.2) is 18.3 Å². The van der Waals surface area contributed by atoms with E-state index >= 15 is 0 Å². The number of alkyl halides is 5. The fourth-order valence-electron chi connectivity index (χ4n) is 5.15. The maximum atomic E-state index is 13.8. The van der Waals surface area contributed by atoms with Gasteiger partial charge in [0.15, 0.2) is 5.82 Å². The number of nitrogens with zero attached hydrogens (tertiary/aromatic N) is 4. The van der Waals surface area contributed by atoms with Crippen molar-refractivity contribution < 1.29 is 36.6 Å². The van der Waals surface area contributed by atoms with Gasteiger partial charge in [0.25, 0.3) is 0 Å². The summed E-state index contributed by atoms with van der Waals surface area (Å²) in [5.74, 6) is -3.99. The standard InChI is InChI=1S/C24H31F2N5O.C2HF3O2/c1-3-21-20(10-13-32-21)27-22(19-7-6-17(14-15(19)2)16-4-5-16)23-28-29-30-31(23)18-8-11-24(25,26)12-9-18;3-2(4,5)1(6)7/h3,6-7,14,16,18,20-22,27H,1,4-5,8-13H2,2H3;(H,6,7)/t20-,21+,22?;/m1./s1. The summed E-state index contributed by atoms with van der Waals surface area (Å²) >= 11 is 0. The molecule has 1 aromatic carbocycles. The molecular formula is C26H32F5N5O3. The van der Waals surface area contributed by atoms with Gasteiger partial charge in [-0.1, -0.05) is 24.3 Å². The number of aryl methyl sites for hydroxylation is 1. The number of tetrazole rings is 1. The van der Waals surface area contributed by atoms with Crippen LogP contribution in [0, 0.1) is 6.92 Å². The number of carboxylic acid groups (broad SMARTS) is 1. The maximum absolute atomic E-state index is 13.8. The molecule has 214 valence electrons. The maximum Gasteiger partial charge on any atom is 0.490 e. The minimum absolute atomic E-state index is 0.0822. The summed E-state index contributed by atoms with van der Waals surface area (Å²) in [4.78, 5) is 8.90. The number of nitrogens with one attached hydrogen (secondary N) is 1. The number of aliphatic carboxylic acids is 1. The number of hydrogen-bond donors (Lipinski definition) is 2. The van der Waals surface area contributed by atoms with E-state index in [1.165, 1.54) is 24.0 Å². The lowest BCUT2D eigenvalue weighted by atomic mass is 9.91. The van der Waals surface area contributed by atoms with Crippen molar-refractivity contribution in [3.8, 4) is 0 Å². The van der Waals surface area contributed by atoms with Crippen molar-refractivity contribution in [1.29, 1.82) is 0 Å². The van der Waals surface area contributed by atoms with Gasteiger partial charge in [0.2, 0.25) is 5.92 Å². The molecule has 13 heteroatoms. The number of hydrogen-bond acceptors (Lipinski definition) is 6. The molecule has 2 heterocycles. The highest BCUT2D eigenvalue weighted by Crippen LogP contribution is 2.42. The summed E-state index contributed by atoms with van der Waals surface area (Å²) in [6.07, 6.45) is 0.537. The topological polar surface area (TPSA) is 102 Å². The predicted octanol–water partition coefficient (Wildman–Crippen LogP) is 5.27. The lowest BCUT2D eigenvalue weighted by molar-refractivity contribution is -0.192. The van der Waals surface area contributed by atoms with Gasteiger partial charge in [-0.3, -0.25) is 5.32 Å². The van der Waals surface area contributed by atoms with Crippen LogP contribution >= 0.6 is 0 Å². The van der Waals surface area contributed by atoms with Gasteiger partial charge in [-0.15, -0.1) is 11.7 Å². The van der Waals surface area contributed by atoms with Crippen molar-refractivity contribution >= 4 is 5.97 Å². The molecule has 0 radical (unpaired) electrons. The molecule has 2 N–H and O–H groups in total. The number of halogens is 5. The molecule has 1 aliphatic heterocycles. The third-order valence-electron chi connectivity index (χ3n) is 7.45. The summed E-state index contributed by atoms with van der Waals surface area (Å²) in [5.41, 5.74) is 3.68. The number of rotatable bonds is 7. The fraction of sp³-hybridized carbons (Fsp3) is 0.615. The van der Waals surface area contributed by atoms with Crippen LogP contribution in [0.25, 0.3) is 0 Å². The smallest absolute Gasteiger partial charge is 0.475 e. The molecule has 0 bridgehead atoms. The van der Waals surface area contributed by atoms with Crippen LogP contribution in [0.5, 0.6) is 0 Å². The van der Waals surface area contributed by atoms with Gasteiger partial charge < -0.3 is 9.84 Å². The van der Waals surface area contributed by atoms with Crippen molar-refractivity contribution in [2.75, 3.05) is 6.61 Å². The summed E-state index contributed by atoms with van der Waals surface area (Å²) in [6, 6.07) is 6.36. The average molecular weight is 558 g/mol. The van der Waals surface area contributed by atoms with Crippen LogP contribution in [0.4, 0.5) is 22.0 Å². The SMILES string of the molecule is C=C[C@@H]1OCC[C@H]1NC(c1ccc(C2CC2)cc1C)c1nnnn1C1CCC(F)(F)CC1.O=C(O)C(F)(F)F. The van der Waals surface area contributed by atoms with Gasteiger partial charge in [0.1, 0.15) is 0 Å². The molecule has 2 aromatic rings. The van der Waals surface area contributed by atoms with Gasteiger partial charge in [-0.05, 0) is 72.1 Å². The third-order valence-corrected chi connectivity index (χ3v) is 7.45. The Morgan fingerprint density at radius 1 is 1.23 bits per heavy atom. The number of carbonyl (C=O) groups is 1. The van der Waals surface area contributed by atoms with E-state index in [1.54, 1.807) is 4.68 Å². The Balaban J connectivity index is 0.000000448. The zero-order valence-electron chi connectivity index (χ0n) is 21.5. The van der Waals surface area contributed by atoms with E-state index in [0.717, 1.165) is 12.0 Å². The highest BCUT2D eigenvalue weighted by atomic mass is 19.4. The fourth-order valence-corrected chi connectivity index (χ4v) is 5.15. The second kappa shape index (κ2) is 11.7. The van der Waals surface area contributed by atoms with E-state index in [4.69, 9.17) is 14.6 Å². The number of carboxylic acids is 1. The summed E-state index contributed by atoms with van der Waals surface area (Å²) in [6.45, 7) is 6.71. The molecule has 39 heavy (non-hydrogen) atoms. The first-order valence-corrected chi connectivity index (χ1v) is 13.0. The lowest BCUT2D eigenvalue weighted by Gasteiger charge is -2.31. The van der Waals surface area contributed by atoms with Crippen LogP contribution in [0.15, 0.2) is 30.9 Å². The van der Waals surface area contributed by atoms with Crippen LogP contribution in [0.2, 0.25) is 0 Å². The molecule has 8 nitrogen and oxygen atoms in total. The predicted molar refractivity (Wildman–Crippen MR) is 130 cm³/mol. The Morgan fingerprint density at radius 3 is 2.46 bits per heavy atom. The second-order valence-electron chi connectivity index (χ2n) is 10.3. The Labute approximate surface area is 222 Å². The Bertz CT molecular complexity index is 1160. The quantitative estimate of drug-likeness (QED) is 0.354. The zero-order valence-corrected chi connectivity index (χ0v) is 21.5. The molecule has 3 fully saturated rings. The summed E-state index contributed by atoms with van der Waals surface area (Å²) in [7, 11) is 0. The molecule has 1 unspecified atom stereocenters.